The molecular weight excluding hydrogens is 476 g/mol. The molecule has 0 radical (unpaired) electrons. The number of hydrogen-bond acceptors (Lipinski definition) is 5. The van der Waals surface area contributed by atoms with Gasteiger partial charge < -0.3 is 10.6 Å². The van der Waals surface area contributed by atoms with Gasteiger partial charge in [0.15, 0.2) is 0 Å². The second-order valence-electron chi connectivity index (χ2n) is 8.61. The molecule has 6 nitrogen and oxygen atoms in total. The Balaban J connectivity index is 1.62. The summed E-state index contributed by atoms with van der Waals surface area (Å²) in [4.78, 5) is 9.44. The molecule has 33 heavy (non-hydrogen) atoms. The van der Waals surface area contributed by atoms with Crippen LogP contribution in [-0.2, 0) is 0 Å². The number of aromatic nitrogens is 4. The van der Waals surface area contributed by atoms with Crippen LogP contribution in [-0.4, -0.2) is 32.2 Å². The maximum absolute atomic E-state index is 5.06. The summed E-state index contributed by atoms with van der Waals surface area (Å²) in [7, 11) is 0. The summed E-state index contributed by atoms with van der Waals surface area (Å²) in [6.07, 6.45) is 9.02. The Bertz CT molecular complexity index is 1230. The Kier molecular flexibility index (Phi) is 6.58. The average molecular weight is 505 g/mol. The molecule has 5 rings (SSSR count). The highest BCUT2D eigenvalue weighted by Crippen LogP contribution is 2.36. The van der Waals surface area contributed by atoms with Crippen molar-refractivity contribution in [3.05, 3.63) is 59.2 Å². The predicted octanol–water partition coefficient (Wildman–Crippen LogP) is 6.79. The van der Waals surface area contributed by atoms with Gasteiger partial charge in [-0.25, -0.2) is 14.5 Å². The van der Waals surface area contributed by atoms with E-state index in [1.54, 1.807) is 0 Å². The lowest BCUT2D eigenvalue weighted by molar-refractivity contribution is 0.744. The minimum Gasteiger partial charge on any atom is -0.370 e. The minimum atomic E-state index is 0.462. The lowest BCUT2D eigenvalue weighted by Crippen LogP contribution is -2.16. The van der Waals surface area contributed by atoms with Gasteiger partial charge in [-0.2, -0.15) is 5.10 Å². The molecule has 0 saturated heterocycles. The maximum atomic E-state index is 5.06. The number of benzene rings is 1. The molecule has 2 N–H and O–H groups in total. The fourth-order valence-electron chi connectivity index (χ4n) is 4.48. The zero-order valence-electron chi connectivity index (χ0n) is 18.9. The van der Waals surface area contributed by atoms with Gasteiger partial charge in [-0.3, -0.25) is 0 Å². The van der Waals surface area contributed by atoms with Crippen LogP contribution in [0.3, 0.4) is 0 Å². The topological polar surface area (TPSA) is 67.1 Å². The second-order valence-corrected chi connectivity index (χ2v) is 9.53. The first-order chi connectivity index (χ1) is 16.2. The molecule has 170 valence electrons. The Labute approximate surface area is 203 Å². The Morgan fingerprint density at radius 1 is 1.06 bits per heavy atom. The van der Waals surface area contributed by atoms with Crippen LogP contribution in [0.2, 0.25) is 0 Å². The largest absolute Gasteiger partial charge is 0.370 e. The first-order valence-electron chi connectivity index (χ1n) is 11.8. The Morgan fingerprint density at radius 2 is 1.88 bits per heavy atom. The molecule has 0 unspecified atom stereocenters. The second kappa shape index (κ2) is 9.91. The summed E-state index contributed by atoms with van der Waals surface area (Å²) in [5, 5.41) is 12.1. The van der Waals surface area contributed by atoms with Gasteiger partial charge in [0.2, 0.25) is 5.95 Å². The van der Waals surface area contributed by atoms with Crippen molar-refractivity contribution in [3.8, 4) is 22.5 Å². The molecule has 0 spiro atoms. The fraction of sp³-hybridized carbons (Fsp3) is 0.346. The summed E-state index contributed by atoms with van der Waals surface area (Å²) >= 11 is 3.55. The van der Waals surface area contributed by atoms with Crippen LogP contribution in [0.5, 0.6) is 0 Å². The lowest BCUT2D eigenvalue weighted by atomic mass is 10.0. The highest BCUT2D eigenvalue weighted by Gasteiger charge is 2.21. The molecule has 3 aromatic heterocycles. The van der Waals surface area contributed by atoms with Crippen LogP contribution in [0, 0.1) is 0 Å². The molecule has 1 aromatic carbocycles. The number of nitrogens with one attached hydrogen (secondary N) is 2. The predicted molar refractivity (Wildman–Crippen MR) is 139 cm³/mol. The molecule has 7 heteroatoms. The van der Waals surface area contributed by atoms with Crippen LogP contribution in [0.4, 0.5) is 11.8 Å². The summed E-state index contributed by atoms with van der Waals surface area (Å²) in [6.45, 7) is 3.12. The number of halogens is 1. The van der Waals surface area contributed by atoms with Crippen LogP contribution in [0.25, 0.3) is 28.0 Å². The SMILES string of the molecule is CCCCNc1cccc2c(-c3ccnc(NC4CCCC4)n3)c(-c3ccc(Br)cc3)nn12. The molecule has 1 fully saturated rings. The molecule has 1 saturated carbocycles. The molecular formula is C26H29BrN6. The molecule has 3 heterocycles. The van der Waals surface area contributed by atoms with Crippen molar-refractivity contribution in [2.24, 2.45) is 0 Å². The molecule has 0 atom stereocenters. The molecule has 1 aliphatic rings. The summed E-state index contributed by atoms with van der Waals surface area (Å²) in [6, 6.07) is 17.0. The van der Waals surface area contributed by atoms with Crippen LogP contribution in [0.15, 0.2) is 59.2 Å². The number of unbranched alkanes of at least 4 members (excludes halogenated alkanes) is 1. The highest BCUT2D eigenvalue weighted by atomic mass is 79.9. The van der Waals surface area contributed by atoms with E-state index in [0.29, 0.717) is 12.0 Å². The highest BCUT2D eigenvalue weighted by molar-refractivity contribution is 9.10. The van der Waals surface area contributed by atoms with Gasteiger partial charge in [-0.15, -0.1) is 0 Å². The lowest BCUT2D eigenvalue weighted by Gasteiger charge is -2.12. The normalized spacial score (nSPS) is 14.1. The van der Waals surface area contributed by atoms with Crippen molar-refractivity contribution in [1.29, 1.82) is 0 Å². The molecule has 0 amide bonds. The van der Waals surface area contributed by atoms with Crippen molar-refractivity contribution >= 4 is 33.2 Å². The monoisotopic (exact) mass is 504 g/mol. The fourth-order valence-corrected chi connectivity index (χ4v) is 4.74. The summed E-state index contributed by atoms with van der Waals surface area (Å²) in [5.74, 6) is 1.68. The number of pyridine rings is 1. The van der Waals surface area contributed by atoms with E-state index in [-0.39, 0.29) is 0 Å². The average Bonchev–Trinajstić information content (AvgIpc) is 3.48. The zero-order valence-corrected chi connectivity index (χ0v) is 20.5. The van der Waals surface area contributed by atoms with Crippen molar-refractivity contribution in [1.82, 2.24) is 19.6 Å². The smallest absolute Gasteiger partial charge is 0.223 e. The van der Waals surface area contributed by atoms with E-state index in [0.717, 1.165) is 57.7 Å². The first-order valence-corrected chi connectivity index (χ1v) is 12.6. The zero-order chi connectivity index (χ0) is 22.6. The summed E-state index contributed by atoms with van der Waals surface area (Å²) < 4.78 is 3.05. The molecule has 4 aromatic rings. The Morgan fingerprint density at radius 3 is 2.67 bits per heavy atom. The maximum Gasteiger partial charge on any atom is 0.223 e. The quantitative estimate of drug-likeness (QED) is 0.258. The van der Waals surface area contributed by atoms with Crippen molar-refractivity contribution < 1.29 is 0 Å². The minimum absolute atomic E-state index is 0.462. The van der Waals surface area contributed by atoms with Crippen LogP contribution >= 0.6 is 15.9 Å². The standard InChI is InChI=1S/C26H29BrN6/c1-2-3-16-28-23-10-6-9-22-24(25(32-33(22)23)18-11-13-19(27)14-12-18)21-15-17-29-26(31-21)30-20-7-4-5-8-20/h6,9-15,17,20,28H,2-5,7-8,16H2,1H3,(H,29,30,31). The van der Waals surface area contributed by atoms with Crippen molar-refractivity contribution in [2.45, 2.75) is 51.5 Å². The van der Waals surface area contributed by atoms with Gasteiger partial charge in [0.25, 0.3) is 0 Å². The Hall–Kier alpha value is -2.93. The van der Waals surface area contributed by atoms with E-state index < -0.39 is 0 Å². The van der Waals surface area contributed by atoms with Gasteiger partial charge in [0.1, 0.15) is 11.5 Å². The number of anilines is 2. The van der Waals surface area contributed by atoms with Gasteiger partial charge >= 0.3 is 0 Å². The molecule has 0 bridgehead atoms. The van der Waals surface area contributed by atoms with Gasteiger partial charge in [-0.05, 0) is 49.6 Å². The number of hydrogen-bond donors (Lipinski definition) is 2. The molecule has 1 aliphatic carbocycles. The third kappa shape index (κ3) is 4.74. The van der Waals surface area contributed by atoms with Crippen molar-refractivity contribution in [3.63, 3.8) is 0 Å². The van der Waals surface area contributed by atoms with Gasteiger partial charge in [0, 0.05) is 28.8 Å². The van der Waals surface area contributed by atoms with Gasteiger partial charge in [0.05, 0.1) is 16.8 Å². The summed E-state index contributed by atoms with van der Waals surface area (Å²) in [5.41, 5.74) is 4.90. The number of rotatable bonds is 8. The van der Waals surface area contributed by atoms with Gasteiger partial charge in [-0.1, -0.05) is 60.3 Å². The van der Waals surface area contributed by atoms with E-state index >= 15 is 0 Å². The number of nitrogens with zero attached hydrogens (tertiary/aromatic N) is 4. The van der Waals surface area contributed by atoms with Crippen molar-refractivity contribution in [2.75, 3.05) is 17.2 Å². The number of fused-ring (bicyclic) bond motifs is 1. The first kappa shape index (κ1) is 21.9. The van der Waals surface area contributed by atoms with E-state index in [9.17, 15) is 0 Å². The van der Waals surface area contributed by atoms with Crippen LogP contribution < -0.4 is 10.6 Å². The third-order valence-corrected chi connectivity index (χ3v) is 6.74. The van der Waals surface area contributed by atoms with E-state index in [4.69, 9.17) is 10.1 Å². The van der Waals surface area contributed by atoms with E-state index in [1.807, 2.05) is 16.8 Å². The van der Waals surface area contributed by atoms with E-state index in [2.05, 4.69) is 80.9 Å². The third-order valence-electron chi connectivity index (χ3n) is 6.21. The van der Waals surface area contributed by atoms with E-state index in [1.165, 1.54) is 25.7 Å². The molecule has 0 aliphatic heterocycles. The van der Waals surface area contributed by atoms with Crippen LogP contribution in [0.1, 0.15) is 45.4 Å².